The van der Waals surface area contributed by atoms with Crippen molar-refractivity contribution in [3.8, 4) is 0 Å². The van der Waals surface area contributed by atoms with Gasteiger partial charge in [0.2, 0.25) is 5.91 Å². The second-order valence-electron chi connectivity index (χ2n) is 6.40. The number of carboxylic acids is 1. The fourth-order valence-electron chi connectivity index (χ4n) is 3.57. The van der Waals surface area contributed by atoms with Crippen LogP contribution in [0.5, 0.6) is 0 Å². The van der Waals surface area contributed by atoms with E-state index < -0.39 is 11.9 Å². The molecule has 0 aromatic heterocycles. The van der Waals surface area contributed by atoms with Crippen molar-refractivity contribution in [1.82, 2.24) is 0 Å². The molecule has 1 heterocycles. The summed E-state index contributed by atoms with van der Waals surface area (Å²) in [6.45, 7) is 0.181. The minimum absolute atomic E-state index is 0.0412. The summed E-state index contributed by atoms with van der Waals surface area (Å²) in [7, 11) is 0. The Morgan fingerprint density at radius 3 is 2.50 bits per heavy atom. The van der Waals surface area contributed by atoms with E-state index >= 15 is 0 Å². The molecule has 122 valence electrons. The zero-order chi connectivity index (χ0) is 16.8. The second-order valence-corrected chi connectivity index (χ2v) is 6.40. The van der Waals surface area contributed by atoms with Crippen molar-refractivity contribution >= 4 is 17.6 Å². The summed E-state index contributed by atoms with van der Waals surface area (Å²) in [6, 6.07) is 13.4. The van der Waals surface area contributed by atoms with Gasteiger partial charge in [0.1, 0.15) is 11.7 Å². The predicted octanol–water partition coefficient (Wildman–Crippen LogP) is 3.14. The van der Waals surface area contributed by atoms with Gasteiger partial charge in [-0.3, -0.25) is 9.59 Å². The van der Waals surface area contributed by atoms with Crippen LogP contribution in [0.15, 0.2) is 48.5 Å². The number of carbonyl (C=O) groups is 2. The van der Waals surface area contributed by atoms with Gasteiger partial charge in [0.05, 0.1) is 0 Å². The highest BCUT2D eigenvalue weighted by molar-refractivity contribution is 6.01. The molecule has 3 atom stereocenters. The largest absolute Gasteiger partial charge is 0.481 e. The Bertz CT molecular complexity index is 818. The van der Waals surface area contributed by atoms with E-state index in [-0.39, 0.29) is 30.1 Å². The molecule has 3 unspecified atom stereocenters. The Morgan fingerprint density at radius 1 is 1.08 bits per heavy atom. The molecule has 1 fully saturated rings. The maximum absolute atomic E-state index is 13.0. The third kappa shape index (κ3) is 2.37. The Kier molecular flexibility index (Phi) is 3.37. The van der Waals surface area contributed by atoms with E-state index in [1.165, 1.54) is 12.1 Å². The first-order valence-corrected chi connectivity index (χ1v) is 7.95. The number of aliphatic carboxylic acids is 1. The number of rotatable bonds is 3. The van der Waals surface area contributed by atoms with Gasteiger partial charge in [-0.2, -0.15) is 0 Å². The zero-order valence-corrected chi connectivity index (χ0v) is 12.9. The lowest BCUT2D eigenvalue weighted by Crippen LogP contribution is -2.32. The van der Waals surface area contributed by atoms with Gasteiger partial charge in [-0.05, 0) is 41.7 Å². The molecule has 1 saturated carbocycles. The van der Waals surface area contributed by atoms with Gasteiger partial charge in [-0.25, -0.2) is 4.39 Å². The van der Waals surface area contributed by atoms with Crippen LogP contribution in [0.2, 0.25) is 0 Å². The minimum atomic E-state index is -0.913. The molecule has 4 rings (SSSR count). The molecule has 0 saturated heterocycles. The first-order chi connectivity index (χ1) is 11.6. The van der Waals surface area contributed by atoms with Crippen LogP contribution in [-0.2, 0) is 9.59 Å². The molecule has 4 nitrogen and oxygen atoms in total. The van der Waals surface area contributed by atoms with Crippen LogP contribution in [0.4, 0.5) is 10.1 Å². The highest BCUT2D eigenvalue weighted by atomic mass is 19.1. The fraction of sp³-hybridized carbons (Fsp3) is 0.263. The van der Waals surface area contributed by atoms with E-state index in [4.69, 9.17) is 0 Å². The van der Waals surface area contributed by atoms with Crippen molar-refractivity contribution in [3.63, 3.8) is 0 Å². The molecule has 0 bridgehead atoms. The molecule has 1 amide bonds. The Hall–Kier alpha value is -2.69. The molecular formula is C19H16FNO3. The Labute approximate surface area is 138 Å². The molecule has 2 aromatic carbocycles. The molecule has 5 heteroatoms. The maximum Gasteiger partial charge on any atom is 0.312 e. The normalized spacial score (nSPS) is 24.5. The van der Waals surface area contributed by atoms with Crippen LogP contribution in [-0.4, -0.2) is 23.5 Å². The van der Waals surface area contributed by atoms with E-state index in [1.807, 2.05) is 6.07 Å². The SMILES string of the molecule is O=C(O)C1CN(C(=O)C2CC2c2ccc(F)cc2)c2ccccc21. The molecule has 2 aliphatic rings. The summed E-state index contributed by atoms with van der Waals surface area (Å²) in [5.74, 6) is -1.98. The lowest BCUT2D eigenvalue weighted by atomic mass is 10.0. The third-order valence-electron chi connectivity index (χ3n) is 4.94. The zero-order valence-electron chi connectivity index (χ0n) is 12.9. The number of halogens is 1. The number of anilines is 1. The van der Waals surface area contributed by atoms with E-state index in [1.54, 1.807) is 35.2 Å². The second kappa shape index (κ2) is 5.44. The smallest absolute Gasteiger partial charge is 0.312 e. The first kappa shape index (κ1) is 14.9. The van der Waals surface area contributed by atoms with Gasteiger partial charge < -0.3 is 10.0 Å². The molecule has 24 heavy (non-hydrogen) atoms. The van der Waals surface area contributed by atoms with Crippen molar-refractivity contribution in [2.45, 2.75) is 18.3 Å². The summed E-state index contributed by atoms with van der Waals surface area (Å²) in [5.41, 5.74) is 2.34. The maximum atomic E-state index is 13.0. The lowest BCUT2D eigenvalue weighted by Gasteiger charge is -2.17. The molecule has 1 aliphatic carbocycles. The number of carbonyl (C=O) groups excluding carboxylic acids is 1. The average molecular weight is 325 g/mol. The third-order valence-corrected chi connectivity index (χ3v) is 4.94. The molecular weight excluding hydrogens is 309 g/mol. The number of carboxylic acid groups (broad SMARTS) is 1. The van der Waals surface area contributed by atoms with Crippen molar-refractivity contribution in [1.29, 1.82) is 0 Å². The molecule has 0 radical (unpaired) electrons. The van der Waals surface area contributed by atoms with E-state index in [2.05, 4.69) is 0 Å². The Balaban J connectivity index is 1.56. The van der Waals surface area contributed by atoms with Gasteiger partial charge in [0.15, 0.2) is 0 Å². The van der Waals surface area contributed by atoms with Gasteiger partial charge in [-0.1, -0.05) is 30.3 Å². The van der Waals surface area contributed by atoms with Crippen LogP contribution < -0.4 is 4.90 Å². The van der Waals surface area contributed by atoms with Crippen LogP contribution in [0.1, 0.15) is 29.4 Å². The summed E-state index contributed by atoms with van der Waals surface area (Å²) in [4.78, 5) is 25.9. The van der Waals surface area contributed by atoms with Crippen LogP contribution in [0.3, 0.4) is 0 Å². The van der Waals surface area contributed by atoms with Gasteiger partial charge in [-0.15, -0.1) is 0 Å². The predicted molar refractivity (Wildman–Crippen MR) is 86.4 cm³/mol. The van der Waals surface area contributed by atoms with Crippen LogP contribution in [0, 0.1) is 11.7 Å². The standard InChI is InChI=1S/C19H16FNO3/c20-12-7-5-11(6-8-12)14-9-15(14)18(22)21-10-16(19(23)24)13-3-1-2-4-17(13)21/h1-8,14-16H,9-10H2,(H,23,24). The van der Waals surface area contributed by atoms with E-state index in [0.717, 1.165) is 12.0 Å². The number of benzene rings is 2. The monoisotopic (exact) mass is 325 g/mol. The number of amides is 1. The van der Waals surface area contributed by atoms with Crippen molar-refractivity contribution in [2.24, 2.45) is 5.92 Å². The van der Waals surface area contributed by atoms with Crippen molar-refractivity contribution in [3.05, 3.63) is 65.5 Å². The van der Waals surface area contributed by atoms with Gasteiger partial charge >= 0.3 is 5.97 Å². The highest BCUT2D eigenvalue weighted by Crippen LogP contribution is 2.50. The van der Waals surface area contributed by atoms with Crippen LogP contribution in [0.25, 0.3) is 0 Å². The summed E-state index contributed by atoms with van der Waals surface area (Å²) in [6.07, 6.45) is 0.723. The van der Waals surface area contributed by atoms with Gasteiger partial charge in [0, 0.05) is 18.2 Å². The minimum Gasteiger partial charge on any atom is -0.481 e. The molecule has 2 aromatic rings. The molecule has 1 aliphatic heterocycles. The highest BCUT2D eigenvalue weighted by Gasteiger charge is 2.48. The fourth-order valence-corrected chi connectivity index (χ4v) is 3.57. The van der Waals surface area contributed by atoms with Crippen LogP contribution >= 0.6 is 0 Å². The molecule has 0 spiro atoms. The van der Waals surface area contributed by atoms with Crippen molar-refractivity contribution < 1.29 is 19.1 Å². The summed E-state index contributed by atoms with van der Waals surface area (Å²) in [5, 5.41) is 9.40. The number of fused-ring (bicyclic) bond motifs is 1. The van der Waals surface area contributed by atoms with E-state index in [0.29, 0.717) is 11.3 Å². The van der Waals surface area contributed by atoms with E-state index in [9.17, 15) is 19.1 Å². The van der Waals surface area contributed by atoms with Crippen molar-refractivity contribution in [2.75, 3.05) is 11.4 Å². The topological polar surface area (TPSA) is 57.6 Å². The Morgan fingerprint density at radius 2 is 1.79 bits per heavy atom. The summed E-state index contributed by atoms with van der Waals surface area (Å²) < 4.78 is 13.0. The number of hydrogen-bond donors (Lipinski definition) is 1. The lowest BCUT2D eigenvalue weighted by molar-refractivity contribution is -0.138. The van der Waals surface area contributed by atoms with Gasteiger partial charge in [0.25, 0.3) is 0 Å². The number of hydrogen-bond acceptors (Lipinski definition) is 2. The average Bonchev–Trinajstić information content (AvgIpc) is 3.28. The summed E-state index contributed by atoms with van der Waals surface area (Å²) >= 11 is 0. The number of nitrogens with zero attached hydrogens (tertiary/aromatic N) is 1. The first-order valence-electron chi connectivity index (χ1n) is 7.95. The quantitative estimate of drug-likeness (QED) is 0.943. The number of para-hydroxylation sites is 1. The molecule has 1 N–H and O–H groups in total.